The average Bonchev–Trinajstić information content (AvgIpc) is 2.63. The van der Waals surface area contributed by atoms with Gasteiger partial charge in [0.05, 0.1) is 6.10 Å². The molecule has 0 bridgehead atoms. The van der Waals surface area contributed by atoms with Crippen LogP contribution >= 0.6 is 0 Å². The van der Waals surface area contributed by atoms with Crippen LogP contribution in [0.25, 0.3) is 0 Å². The van der Waals surface area contributed by atoms with Gasteiger partial charge in [-0.2, -0.15) is 0 Å². The van der Waals surface area contributed by atoms with E-state index in [0.717, 1.165) is 26.0 Å². The summed E-state index contributed by atoms with van der Waals surface area (Å²) in [5.74, 6) is 0.376. The number of hydrogen-bond acceptors (Lipinski definition) is 5. The molecule has 2 heterocycles. The molecule has 1 aromatic heterocycles. The van der Waals surface area contributed by atoms with Gasteiger partial charge in [0.1, 0.15) is 0 Å². The third-order valence-corrected chi connectivity index (χ3v) is 2.50. The van der Waals surface area contributed by atoms with Crippen molar-refractivity contribution in [1.29, 1.82) is 0 Å². The van der Waals surface area contributed by atoms with E-state index < -0.39 is 0 Å². The minimum atomic E-state index is 0.354. The van der Waals surface area contributed by atoms with Crippen molar-refractivity contribution in [3.8, 4) is 0 Å². The number of rotatable bonds is 3. The Balaban J connectivity index is 1.79. The van der Waals surface area contributed by atoms with Crippen LogP contribution in [0.3, 0.4) is 0 Å². The average molecular weight is 197 g/mol. The molecule has 1 unspecified atom stereocenters. The van der Waals surface area contributed by atoms with E-state index in [-0.39, 0.29) is 0 Å². The minimum absolute atomic E-state index is 0.354. The molecular formula is C8H15N5O. The molecule has 1 fully saturated rings. The van der Waals surface area contributed by atoms with Crippen molar-refractivity contribution < 1.29 is 4.74 Å². The molecule has 0 spiro atoms. The molecule has 1 aliphatic rings. The molecule has 1 aliphatic heterocycles. The Morgan fingerprint density at radius 1 is 1.50 bits per heavy atom. The molecule has 1 aromatic rings. The lowest BCUT2D eigenvalue weighted by Crippen LogP contribution is -2.21. The molecule has 2 N–H and O–H groups in total. The van der Waals surface area contributed by atoms with Gasteiger partial charge in [-0.3, -0.25) is 0 Å². The molecule has 1 atom stereocenters. The first-order chi connectivity index (χ1) is 6.86. The largest absolute Gasteiger partial charge is 0.378 e. The highest BCUT2D eigenvalue weighted by Crippen LogP contribution is 2.16. The zero-order valence-corrected chi connectivity index (χ0v) is 8.09. The Bertz CT molecular complexity index is 281. The Kier molecular flexibility index (Phi) is 2.93. The van der Waals surface area contributed by atoms with E-state index in [2.05, 4.69) is 15.5 Å². The molecule has 78 valence electrons. The number of nitrogen functional groups attached to an aromatic ring is 1. The predicted octanol–water partition coefficient (Wildman–Crippen LogP) is 0.214. The highest BCUT2D eigenvalue weighted by Gasteiger charge is 2.14. The van der Waals surface area contributed by atoms with Crippen LogP contribution in [0.1, 0.15) is 25.7 Å². The predicted molar refractivity (Wildman–Crippen MR) is 50.4 cm³/mol. The highest BCUT2D eigenvalue weighted by atomic mass is 16.5. The molecule has 2 rings (SSSR count). The minimum Gasteiger partial charge on any atom is -0.378 e. The molecule has 0 aromatic carbocycles. The summed E-state index contributed by atoms with van der Waals surface area (Å²) in [6.45, 7) is 1.62. The lowest BCUT2D eigenvalue weighted by Gasteiger charge is -2.22. The summed E-state index contributed by atoms with van der Waals surface area (Å²) in [6, 6.07) is 0. The fraction of sp³-hybridized carbons (Fsp3) is 0.875. The maximum absolute atomic E-state index is 5.59. The Labute approximate surface area is 82.4 Å². The van der Waals surface area contributed by atoms with Gasteiger partial charge in [0.15, 0.2) is 0 Å². The lowest BCUT2D eigenvalue weighted by atomic mass is 10.1. The van der Waals surface area contributed by atoms with Gasteiger partial charge in [-0.05, 0) is 36.1 Å². The summed E-state index contributed by atoms with van der Waals surface area (Å²) in [6.07, 6.45) is 4.88. The fourth-order valence-corrected chi connectivity index (χ4v) is 1.67. The lowest BCUT2D eigenvalue weighted by molar-refractivity contribution is 0.00831. The van der Waals surface area contributed by atoms with Gasteiger partial charge < -0.3 is 10.5 Å². The van der Waals surface area contributed by atoms with Crippen LogP contribution in [-0.2, 0) is 11.3 Å². The van der Waals surface area contributed by atoms with Crippen LogP contribution in [0.15, 0.2) is 0 Å². The van der Waals surface area contributed by atoms with Crippen LogP contribution in [0.2, 0.25) is 0 Å². The topological polar surface area (TPSA) is 78.9 Å². The summed E-state index contributed by atoms with van der Waals surface area (Å²) in [5, 5.41) is 10.9. The Morgan fingerprint density at radius 2 is 2.43 bits per heavy atom. The number of hydrogen-bond donors (Lipinski definition) is 1. The van der Waals surface area contributed by atoms with Crippen LogP contribution in [-0.4, -0.2) is 32.9 Å². The van der Waals surface area contributed by atoms with Gasteiger partial charge in [0.2, 0.25) is 5.95 Å². The number of nitrogens with zero attached hydrogens (tertiary/aromatic N) is 4. The number of aryl methyl sites for hydroxylation is 1. The second-order valence-corrected chi connectivity index (χ2v) is 3.54. The van der Waals surface area contributed by atoms with E-state index in [0.29, 0.717) is 12.1 Å². The number of anilines is 1. The number of nitrogens with two attached hydrogens (primary N) is 1. The molecule has 0 saturated carbocycles. The third kappa shape index (κ3) is 2.20. The SMILES string of the molecule is Nc1nnnn1CCC1CCCCO1. The number of aromatic nitrogens is 4. The summed E-state index contributed by atoms with van der Waals surface area (Å²) in [4.78, 5) is 0. The third-order valence-electron chi connectivity index (χ3n) is 2.50. The summed E-state index contributed by atoms with van der Waals surface area (Å²) >= 11 is 0. The molecule has 0 amide bonds. The normalized spacial score (nSPS) is 22.4. The standard InChI is InChI=1S/C8H15N5O/c9-8-10-11-12-13(8)5-4-7-3-1-2-6-14-7/h7H,1-6H2,(H2,9,10,12). The summed E-state index contributed by atoms with van der Waals surface area (Å²) in [7, 11) is 0. The van der Waals surface area contributed by atoms with E-state index in [1.54, 1.807) is 4.68 Å². The molecule has 1 saturated heterocycles. The zero-order valence-electron chi connectivity index (χ0n) is 8.09. The van der Waals surface area contributed by atoms with E-state index >= 15 is 0 Å². The van der Waals surface area contributed by atoms with Crippen molar-refractivity contribution >= 4 is 5.95 Å². The van der Waals surface area contributed by atoms with Crippen LogP contribution in [0.4, 0.5) is 5.95 Å². The van der Waals surface area contributed by atoms with Crippen molar-refractivity contribution in [3.63, 3.8) is 0 Å². The van der Waals surface area contributed by atoms with Crippen LogP contribution < -0.4 is 5.73 Å². The molecule has 0 aliphatic carbocycles. The van der Waals surface area contributed by atoms with Crippen LogP contribution in [0, 0.1) is 0 Å². The van der Waals surface area contributed by atoms with Crippen molar-refractivity contribution in [2.45, 2.75) is 38.3 Å². The van der Waals surface area contributed by atoms with Crippen molar-refractivity contribution in [2.75, 3.05) is 12.3 Å². The van der Waals surface area contributed by atoms with Gasteiger partial charge in [-0.15, -0.1) is 0 Å². The molecule has 0 radical (unpaired) electrons. The van der Waals surface area contributed by atoms with Crippen molar-refractivity contribution in [2.24, 2.45) is 0 Å². The molecular weight excluding hydrogens is 182 g/mol. The molecule has 6 nitrogen and oxygen atoms in total. The first-order valence-electron chi connectivity index (χ1n) is 4.99. The number of tetrazole rings is 1. The summed E-state index contributed by atoms with van der Waals surface area (Å²) < 4.78 is 7.20. The second-order valence-electron chi connectivity index (χ2n) is 3.54. The quantitative estimate of drug-likeness (QED) is 0.749. The second kappa shape index (κ2) is 4.36. The highest BCUT2D eigenvalue weighted by molar-refractivity contribution is 5.09. The van der Waals surface area contributed by atoms with Crippen molar-refractivity contribution in [1.82, 2.24) is 20.2 Å². The van der Waals surface area contributed by atoms with Gasteiger partial charge in [0.25, 0.3) is 0 Å². The van der Waals surface area contributed by atoms with Crippen molar-refractivity contribution in [3.05, 3.63) is 0 Å². The van der Waals surface area contributed by atoms with E-state index in [9.17, 15) is 0 Å². The molecule has 6 heteroatoms. The van der Waals surface area contributed by atoms with Gasteiger partial charge in [-0.1, -0.05) is 5.10 Å². The van der Waals surface area contributed by atoms with E-state index in [1.807, 2.05) is 0 Å². The summed E-state index contributed by atoms with van der Waals surface area (Å²) in [5.41, 5.74) is 5.54. The zero-order chi connectivity index (χ0) is 9.80. The van der Waals surface area contributed by atoms with E-state index in [1.165, 1.54) is 12.8 Å². The maximum Gasteiger partial charge on any atom is 0.240 e. The first-order valence-corrected chi connectivity index (χ1v) is 4.99. The van der Waals surface area contributed by atoms with Gasteiger partial charge in [0, 0.05) is 13.2 Å². The van der Waals surface area contributed by atoms with Gasteiger partial charge >= 0.3 is 0 Å². The fourth-order valence-electron chi connectivity index (χ4n) is 1.67. The molecule has 14 heavy (non-hydrogen) atoms. The smallest absolute Gasteiger partial charge is 0.240 e. The Morgan fingerprint density at radius 3 is 3.07 bits per heavy atom. The monoisotopic (exact) mass is 197 g/mol. The van der Waals surface area contributed by atoms with E-state index in [4.69, 9.17) is 10.5 Å². The number of ether oxygens (including phenoxy) is 1. The first kappa shape index (κ1) is 9.39. The Hall–Kier alpha value is -1.17. The van der Waals surface area contributed by atoms with Gasteiger partial charge in [-0.25, -0.2) is 4.68 Å². The van der Waals surface area contributed by atoms with Crippen LogP contribution in [0.5, 0.6) is 0 Å². The maximum atomic E-state index is 5.59.